The fourth-order valence-electron chi connectivity index (χ4n) is 14.1. The quantitative estimate of drug-likeness (QED) is 0.196. The molecule has 0 aromatic heterocycles. The van der Waals surface area contributed by atoms with E-state index in [0.29, 0.717) is 59.6 Å². The Labute approximate surface area is 353 Å². The summed E-state index contributed by atoms with van der Waals surface area (Å²) in [6.07, 6.45) is 9.01. The third-order valence-corrected chi connectivity index (χ3v) is 17.3. The van der Waals surface area contributed by atoms with E-state index in [1.165, 1.54) is 6.42 Å². The first-order chi connectivity index (χ1) is 28.2. The van der Waals surface area contributed by atoms with Crippen LogP contribution < -0.4 is 10.6 Å². The first-order valence-electron chi connectivity index (χ1n) is 21.8. The van der Waals surface area contributed by atoms with Crippen LogP contribution in [0.4, 0.5) is 32.3 Å². The second kappa shape index (κ2) is 14.5. The number of hydrogen-bond donors (Lipinski definition) is 2. The molecular formula is C48H60N4O8. The molecule has 5 aliphatic carbocycles. The summed E-state index contributed by atoms with van der Waals surface area (Å²) in [5, 5.41) is 5.70. The number of ketones is 1. The highest BCUT2D eigenvalue weighted by molar-refractivity contribution is 5.87. The number of nitrogens with one attached hydrogen (secondary N) is 2. The van der Waals surface area contributed by atoms with Crippen LogP contribution in [0, 0.1) is 64.6 Å². The number of hydrogen-bond acceptors (Lipinski definition) is 10. The van der Waals surface area contributed by atoms with Gasteiger partial charge in [0.1, 0.15) is 17.5 Å². The van der Waals surface area contributed by atoms with E-state index >= 15 is 0 Å². The number of ether oxygens (including phenoxy) is 3. The molecule has 2 amide bonds. The van der Waals surface area contributed by atoms with E-state index in [-0.39, 0.29) is 45.0 Å². The lowest BCUT2D eigenvalue weighted by Crippen LogP contribution is -2.57. The summed E-state index contributed by atoms with van der Waals surface area (Å²) in [6.45, 7) is 18.8. The molecule has 1 aliphatic heterocycles. The molecule has 5 saturated carbocycles. The van der Waals surface area contributed by atoms with Gasteiger partial charge in [-0.25, -0.2) is 19.2 Å². The summed E-state index contributed by atoms with van der Waals surface area (Å²) in [7, 11) is 0. The molecule has 2 aromatic carbocycles. The molecule has 12 heteroatoms. The maximum atomic E-state index is 14.0. The van der Waals surface area contributed by atoms with Gasteiger partial charge in [-0.3, -0.25) is 15.4 Å². The zero-order valence-corrected chi connectivity index (χ0v) is 36.5. The Morgan fingerprint density at radius 3 is 2.03 bits per heavy atom. The van der Waals surface area contributed by atoms with Gasteiger partial charge in [0.2, 0.25) is 12.2 Å². The molecule has 320 valence electrons. The van der Waals surface area contributed by atoms with Gasteiger partial charge in [-0.2, -0.15) is 9.98 Å². The molecule has 0 bridgehead atoms. The number of benzene rings is 2. The zero-order valence-electron chi connectivity index (χ0n) is 36.5. The lowest BCUT2D eigenvalue weighted by Gasteiger charge is -2.62. The Morgan fingerprint density at radius 1 is 0.833 bits per heavy atom. The number of anilines is 2. The Bertz CT molecular complexity index is 2230. The highest BCUT2D eigenvalue weighted by Gasteiger charge is 2.83. The molecule has 1 heterocycles. The van der Waals surface area contributed by atoms with Gasteiger partial charge in [-0.1, -0.05) is 46.8 Å². The van der Waals surface area contributed by atoms with Crippen LogP contribution in [0.25, 0.3) is 0 Å². The Morgan fingerprint density at radius 2 is 1.42 bits per heavy atom. The van der Waals surface area contributed by atoms with Crippen LogP contribution in [-0.4, -0.2) is 54.0 Å². The molecule has 12 nitrogen and oxygen atoms in total. The summed E-state index contributed by atoms with van der Waals surface area (Å²) in [5.41, 5.74) is 1.89. The Kier molecular flexibility index (Phi) is 10.2. The number of Topliss-reactive ketones (excluding diaryl/α,β-unsaturated/α-hetero) is 1. The van der Waals surface area contributed by atoms with E-state index in [2.05, 4.69) is 55.2 Å². The first kappa shape index (κ1) is 42.1. The molecule has 60 heavy (non-hydrogen) atoms. The van der Waals surface area contributed by atoms with Crippen LogP contribution in [-0.2, 0) is 28.6 Å². The topological polar surface area (TPSA) is 162 Å². The van der Waals surface area contributed by atoms with Gasteiger partial charge in [-0.15, -0.1) is 0 Å². The number of amides is 2. The van der Waals surface area contributed by atoms with Crippen molar-refractivity contribution in [3.8, 4) is 0 Å². The van der Waals surface area contributed by atoms with Crippen molar-refractivity contribution in [1.29, 1.82) is 0 Å². The third kappa shape index (κ3) is 6.39. The second-order valence-electron chi connectivity index (χ2n) is 20.8. The molecular weight excluding hydrogens is 761 g/mol. The number of carbonyl (C=O) groups is 3. The first-order valence-corrected chi connectivity index (χ1v) is 21.8. The van der Waals surface area contributed by atoms with Gasteiger partial charge in [-0.05, 0) is 154 Å². The smallest absolute Gasteiger partial charge is 0.412 e. The van der Waals surface area contributed by atoms with E-state index in [1.807, 2.05) is 27.7 Å². The maximum absolute atomic E-state index is 14.0. The maximum Gasteiger partial charge on any atom is 0.412 e. The minimum Gasteiger partial charge on any atom is -0.446 e. The number of rotatable bonds is 8. The van der Waals surface area contributed by atoms with Gasteiger partial charge in [0.25, 0.3) is 0 Å². The lowest BCUT2D eigenvalue weighted by atomic mass is 9.42. The van der Waals surface area contributed by atoms with Crippen molar-refractivity contribution in [2.45, 2.75) is 144 Å². The van der Waals surface area contributed by atoms with Crippen LogP contribution in [0.5, 0.6) is 0 Å². The number of isocyanates is 2. The van der Waals surface area contributed by atoms with Crippen molar-refractivity contribution >= 4 is 52.9 Å². The summed E-state index contributed by atoms with van der Waals surface area (Å²) in [4.78, 5) is 70.2. The van der Waals surface area contributed by atoms with Gasteiger partial charge in [0, 0.05) is 29.1 Å². The number of aliphatic imine (C=N–C) groups is 2. The van der Waals surface area contributed by atoms with E-state index in [9.17, 15) is 24.0 Å². The lowest BCUT2D eigenvalue weighted by molar-refractivity contribution is -0.168. The molecule has 11 unspecified atom stereocenters. The average Bonchev–Trinajstić information content (AvgIpc) is 3.59. The number of carbonyl (C=O) groups excluding carboxylic acids is 5. The predicted octanol–water partition coefficient (Wildman–Crippen LogP) is 10.6. The molecule has 8 rings (SSSR count). The van der Waals surface area contributed by atoms with Gasteiger partial charge in [0.15, 0.2) is 0 Å². The molecule has 2 aromatic rings. The minimum absolute atomic E-state index is 0.0602. The fourth-order valence-corrected chi connectivity index (χ4v) is 14.1. The molecule has 2 N–H and O–H groups in total. The Balaban J connectivity index is 1.07. The molecule has 6 aliphatic rings. The second-order valence-corrected chi connectivity index (χ2v) is 20.8. The standard InChI is InChI=1S/C48H60N4O8/c1-27-10-12-30(21-32(27)49-25-53)51-41(56)58-34-23-46(9)36-15-14-35-43(4,5)37(55)16-17-47(35)24-48(36,47)19-18-45(46,8)39(34)40-29(3)20-38(59-40)44(6,7)60-42(57)52-31-13-11-28(2)33(22-31)50-26-54/h10-13,21-22,29,34-36,38-40H,14-20,23-24H2,1-9H3,(H,51,56)(H,52,57). The van der Waals surface area contributed by atoms with E-state index in [4.69, 9.17) is 14.2 Å². The predicted molar refractivity (Wildman–Crippen MR) is 226 cm³/mol. The van der Waals surface area contributed by atoms with Crippen molar-refractivity contribution < 1.29 is 38.2 Å². The summed E-state index contributed by atoms with van der Waals surface area (Å²) < 4.78 is 19.8. The van der Waals surface area contributed by atoms with Crippen LogP contribution >= 0.6 is 0 Å². The SMILES string of the molecule is Cc1ccc(NC(=O)OC2CC3(C)C4CCC5C(C)(C)C(=O)CCC56CC46CCC3(C)C2C2OC(C(C)(C)OC(=O)Nc3ccc(C)c(N=C=O)c3)CC2C)cc1N=C=O. The van der Waals surface area contributed by atoms with Gasteiger partial charge >= 0.3 is 12.2 Å². The largest absolute Gasteiger partial charge is 0.446 e. The molecule has 6 fully saturated rings. The van der Waals surface area contributed by atoms with Crippen molar-refractivity contribution in [2.24, 2.45) is 60.7 Å². The molecule has 1 saturated heterocycles. The van der Waals surface area contributed by atoms with E-state index in [0.717, 1.165) is 43.2 Å². The number of aryl methyl sites for hydroxylation is 2. The fraction of sp³-hybridized carbons (Fsp3) is 0.646. The van der Waals surface area contributed by atoms with Crippen LogP contribution in [0.3, 0.4) is 0 Å². The van der Waals surface area contributed by atoms with E-state index in [1.54, 1.807) is 48.6 Å². The summed E-state index contributed by atoms with van der Waals surface area (Å²) in [6, 6.07) is 10.3. The molecule has 11 atom stereocenters. The van der Waals surface area contributed by atoms with E-state index < -0.39 is 30.0 Å². The average molecular weight is 821 g/mol. The van der Waals surface area contributed by atoms with Gasteiger partial charge < -0.3 is 14.2 Å². The third-order valence-electron chi connectivity index (χ3n) is 17.3. The zero-order chi connectivity index (χ0) is 43.2. The van der Waals surface area contributed by atoms with Gasteiger partial charge in [0.05, 0.1) is 23.6 Å². The normalized spacial score (nSPS) is 37.1. The number of fused-ring (bicyclic) bond motifs is 2. The van der Waals surface area contributed by atoms with Crippen molar-refractivity contribution in [2.75, 3.05) is 10.6 Å². The molecule has 2 spiro atoms. The molecule has 0 radical (unpaired) electrons. The highest BCUT2D eigenvalue weighted by atomic mass is 16.6. The van der Waals surface area contributed by atoms with Crippen molar-refractivity contribution in [1.82, 2.24) is 0 Å². The highest BCUT2D eigenvalue weighted by Crippen LogP contribution is 2.89. The van der Waals surface area contributed by atoms with Crippen LogP contribution in [0.2, 0.25) is 0 Å². The summed E-state index contributed by atoms with van der Waals surface area (Å²) in [5.74, 6) is 1.13. The number of nitrogens with zero attached hydrogens (tertiary/aromatic N) is 2. The summed E-state index contributed by atoms with van der Waals surface area (Å²) >= 11 is 0. The van der Waals surface area contributed by atoms with Crippen molar-refractivity contribution in [3.05, 3.63) is 47.5 Å². The minimum atomic E-state index is -1.02. The van der Waals surface area contributed by atoms with Crippen LogP contribution in [0.1, 0.15) is 117 Å². The van der Waals surface area contributed by atoms with Crippen LogP contribution in [0.15, 0.2) is 46.4 Å². The Hall–Kier alpha value is -4.63. The van der Waals surface area contributed by atoms with Crippen molar-refractivity contribution in [3.63, 3.8) is 0 Å². The monoisotopic (exact) mass is 820 g/mol.